The van der Waals surface area contributed by atoms with Gasteiger partial charge in [0.05, 0.1) is 12.2 Å². The monoisotopic (exact) mass is 399 g/mol. The van der Waals surface area contributed by atoms with Crippen LogP contribution in [-0.4, -0.2) is 22.3 Å². The van der Waals surface area contributed by atoms with Crippen molar-refractivity contribution in [3.63, 3.8) is 0 Å². The fraction of sp³-hybridized carbons (Fsp3) is 0.333. The maximum absolute atomic E-state index is 11.9. The van der Waals surface area contributed by atoms with Gasteiger partial charge in [-0.05, 0) is 60.2 Å². The molecule has 0 aliphatic carbocycles. The highest BCUT2D eigenvalue weighted by Crippen LogP contribution is 2.17. The number of amides is 1. The molecule has 0 radical (unpaired) electrons. The van der Waals surface area contributed by atoms with E-state index >= 15 is 0 Å². The van der Waals surface area contributed by atoms with Crippen molar-refractivity contribution in [3.8, 4) is 5.75 Å². The Bertz CT molecular complexity index is 595. The quantitative estimate of drug-likeness (QED) is 0.757. The largest absolute Gasteiger partial charge is 0.484 e. The van der Waals surface area contributed by atoms with Crippen molar-refractivity contribution in [2.75, 3.05) is 11.9 Å². The molecule has 1 amide bonds. The van der Waals surface area contributed by atoms with Crippen molar-refractivity contribution in [2.24, 2.45) is 0 Å². The maximum atomic E-state index is 11.9. The lowest BCUT2D eigenvalue weighted by molar-refractivity contribution is -0.118. The summed E-state index contributed by atoms with van der Waals surface area (Å²) >= 11 is 2.22. The topological polar surface area (TPSA) is 56.2 Å². The molecule has 2 aromatic rings. The number of aromatic nitrogens is 2. The van der Waals surface area contributed by atoms with Crippen molar-refractivity contribution in [1.29, 1.82) is 0 Å². The molecule has 112 valence electrons. The Morgan fingerprint density at radius 1 is 1.38 bits per heavy atom. The van der Waals surface area contributed by atoms with E-state index in [0.29, 0.717) is 11.6 Å². The van der Waals surface area contributed by atoms with E-state index in [0.717, 1.165) is 9.99 Å². The van der Waals surface area contributed by atoms with Gasteiger partial charge in [0.25, 0.3) is 5.91 Å². The van der Waals surface area contributed by atoms with Crippen LogP contribution in [0.4, 0.5) is 5.82 Å². The van der Waals surface area contributed by atoms with Gasteiger partial charge < -0.3 is 10.1 Å². The molecule has 1 heterocycles. The van der Waals surface area contributed by atoms with Gasteiger partial charge in [0.15, 0.2) is 6.61 Å². The van der Waals surface area contributed by atoms with Crippen molar-refractivity contribution < 1.29 is 9.53 Å². The summed E-state index contributed by atoms with van der Waals surface area (Å²) in [5, 5.41) is 7.05. The predicted octanol–water partition coefficient (Wildman–Crippen LogP) is 3.48. The summed E-state index contributed by atoms with van der Waals surface area (Å²) < 4.78 is 8.39. The summed E-state index contributed by atoms with van der Waals surface area (Å²) in [5.41, 5.74) is 0. The highest BCUT2D eigenvalue weighted by Gasteiger charge is 2.11. The second-order valence-corrected chi connectivity index (χ2v) is 5.95. The van der Waals surface area contributed by atoms with Crippen LogP contribution in [0.1, 0.15) is 26.3 Å². The molecule has 1 aromatic heterocycles. The van der Waals surface area contributed by atoms with Crippen LogP contribution in [0.15, 0.2) is 36.5 Å². The van der Waals surface area contributed by atoms with Crippen LogP contribution in [0.3, 0.4) is 0 Å². The lowest BCUT2D eigenvalue weighted by atomic mass is 10.3. The lowest BCUT2D eigenvalue weighted by Gasteiger charge is -2.14. The summed E-state index contributed by atoms with van der Waals surface area (Å²) in [6.45, 7) is 4.12. The molecule has 0 saturated heterocycles. The Morgan fingerprint density at radius 3 is 2.76 bits per heavy atom. The first-order chi connectivity index (χ1) is 10.1. The van der Waals surface area contributed by atoms with Gasteiger partial charge in [0.2, 0.25) is 0 Å². The first-order valence-electron chi connectivity index (χ1n) is 6.82. The highest BCUT2D eigenvalue weighted by molar-refractivity contribution is 14.1. The Morgan fingerprint density at radius 2 is 2.10 bits per heavy atom. The number of rotatable bonds is 6. The summed E-state index contributed by atoms with van der Waals surface area (Å²) in [6, 6.07) is 9.59. The van der Waals surface area contributed by atoms with Gasteiger partial charge in [-0.1, -0.05) is 6.92 Å². The standard InChI is InChI=1S/C15H18IN3O2/c1-3-11(2)19-14(8-9-17-19)18-15(20)10-21-13-6-4-12(16)5-7-13/h4-9,11H,3,10H2,1-2H3,(H,18,20). The Labute approximate surface area is 137 Å². The van der Waals surface area contributed by atoms with Crippen molar-refractivity contribution in [1.82, 2.24) is 9.78 Å². The lowest BCUT2D eigenvalue weighted by Crippen LogP contribution is -2.22. The third-order valence-electron chi connectivity index (χ3n) is 3.13. The number of hydrogen-bond donors (Lipinski definition) is 1. The van der Waals surface area contributed by atoms with Crippen LogP contribution in [0.5, 0.6) is 5.75 Å². The first-order valence-corrected chi connectivity index (χ1v) is 7.89. The van der Waals surface area contributed by atoms with Crippen LogP contribution < -0.4 is 10.1 Å². The zero-order valence-corrected chi connectivity index (χ0v) is 14.2. The average molecular weight is 399 g/mol. The second-order valence-electron chi connectivity index (χ2n) is 4.71. The van der Waals surface area contributed by atoms with Crippen molar-refractivity contribution >= 4 is 34.3 Å². The van der Waals surface area contributed by atoms with Crippen LogP contribution in [-0.2, 0) is 4.79 Å². The molecular weight excluding hydrogens is 381 g/mol. The normalized spacial score (nSPS) is 12.0. The fourth-order valence-electron chi connectivity index (χ4n) is 1.80. The van der Waals surface area contributed by atoms with E-state index < -0.39 is 0 Å². The number of halogens is 1. The number of carbonyl (C=O) groups is 1. The fourth-order valence-corrected chi connectivity index (χ4v) is 2.16. The summed E-state index contributed by atoms with van der Waals surface area (Å²) in [5.74, 6) is 1.18. The molecule has 0 spiro atoms. The number of nitrogens with zero attached hydrogens (tertiary/aromatic N) is 2. The van der Waals surface area contributed by atoms with Gasteiger partial charge in [-0.25, -0.2) is 4.68 Å². The molecule has 2 rings (SSSR count). The number of anilines is 1. The van der Waals surface area contributed by atoms with Crippen molar-refractivity contribution in [2.45, 2.75) is 26.3 Å². The second kappa shape index (κ2) is 7.44. The third-order valence-corrected chi connectivity index (χ3v) is 3.85. The van der Waals surface area contributed by atoms with Crippen LogP contribution in [0, 0.1) is 3.57 Å². The minimum atomic E-state index is -0.196. The molecule has 0 aliphatic rings. The van der Waals surface area contributed by atoms with E-state index in [1.165, 1.54) is 0 Å². The SMILES string of the molecule is CCC(C)n1nccc1NC(=O)COc1ccc(I)cc1. The molecule has 0 aliphatic heterocycles. The maximum Gasteiger partial charge on any atom is 0.263 e. The van der Waals surface area contributed by atoms with Gasteiger partial charge in [0, 0.05) is 9.64 Å². The van der Waals surface area contributed by atoms with Crippen LogP contribution in [0.2, 0.25) is 0 Å². The summed E-state index contributed by atoms with van der Waals surface area (Å²) in [6.07, 6.45) is 2.63. The molecule has 21 heavy (non-hydrogen) atoms. The average Bonchev–Trinajstić information content (AvgIpc) is 2.94. The number of nitrogens with one attached hydrogen (secondary N) is 1. The third kappa shape index (κ3) is 4.45. The van der Waals surface area contributed by atoms with Gasteiger partial charge in [-0.3, -0.25) is 4.79 Å². The van der Waals surface area contributed by atoms with Gasteiger partial charge in [-0.2, -0.15) is 5.10 Å². The van der Waals surface area contributed by atoms with Crippen LogP contribution >= 0.6 is 22.6 Å². The molecule has 1 N–H and O–H groups in total. The predicted molar refractivity (Wildman–Crippen MR) is 90.5 cm³/mol. The molecule has 1 atom stereocenters. The van der Waals surface area contributed by atoms with Gasteiger partial charge in [0.1, 0.15) is 11.6 Å². The molecule has 0 bridgehead atoms. The van der Waals surface area contributed by atoms with E-state index in [-0.39, 0.29) is 18.6 Å². The Hall–Kier alpha value is -1.57. The molecule has 0 fully saturated rings. The molecule has 1 unspecified atom stereocenters. The van der Waals surface area contributed by atoms with E-state index in [1.54, 1.807) is 12.3 Å². The Kier molecular flexibility index (Phi) is 5.60. The molecule has 5 nitrogen and oxygen atoms in total. The summed E-state index contributed by atoms with van der Waals surface area (Å²) in [7, 11) is 0. The number of hydrogen-bond acceptors (Lipinski definition) is 3. The van der Waals surface area contributed by atoms with Gasteiger partial charge >= 0.3 is 0 Å². The number of carbonyl (C=O) groups excluding carboxylic acids is 1. The van der Waals surface area contributed by atoms with Crippen LogP contribution in [0.25, 0.3) is 0 Å². The Balaban J connectivity index is 1.90. The molecule has 1 aromatic carbocycles. The number of benzene rings is 1. The van der Waals surface area contributed by atoms with Gasteiger partial charge in [-0.15, -0.1) is 0 Å². The minimum Gasteiger partial charge on any atom is -0.484 e. The molecular formula is C15H18IN3O2. The molecule has 0 saturated carbocycles. The van der Waals surface area contributed by atoms with E-state index in [1.807, 2.05) is 28.9 Å². The minimum absolute atomic E-state index is 0.0215. The van der Waals surface area contributed by atoms with E-state index in [2.05, 4.69) is 46.9 Å². The first kappa shape index (κ1) is 15.8. The molecule has 6 heteroatoms. The smallest absolute Gasteiger partial charge is 0.263 e. The summed E-state index contributed by atoms with van der Waals surface area (Å²) in [4.78, 5) is 11.9. The zero-order valence-electron chi connectivity index (χ0n) is 12.0. The number of ether oxygens (including phenoxy) is 1. The highest BCUT2D eigenvalue weighted by atomic mass is 127. The van der Waals surface area contributed by atoms with E-state index in [4.69, 9.17) is 4.74 Å². The zero-order chi connectivity index (χ0) is 15.2. The van der Waals surface area contributed by atoms with Crippen molar-refractivity contribution in [3.05, 3.63) is 40.1 Å². The van der Waals surface area contributed by atoms with E-state index in [9.17, 15) is 4.79 Å².